The summed E-state index contributed by atoms with van der Waals surface area (Å²) < 4.78 is 0. The first-order valence-electron chi connectivity index (χ1n) is 6.37. The molecule has 1 heterocycles. The molecular weight excluding hydrogens is 214 g/mol. The fourth-order valence-electron chi connectivity index (χ4n) is 2.47. The van der Waals surface area contributed by atoms with Crippen LogP contribution in [0, 0.1) is 12.3 Å². The standard InChI is InChI=1S/C13H23N3O/c1-3-9-15-13(17)11(2)16-10-5-4-6-12(16)7-8-14/h1,11-12H,4-10,14H2,2H3,(H,15,17). The van der Waals surface area contributed by atoms with Crippen LogP contribution >= 0.6 is 0 Å². The summed E-state index contributed by atoms with van der Waals surface area (Å²) >= 11 is 0. The molecule has 0 saturated carbocycles. The third-order valence-corrected chi connectivity index (χ3v) is 3.41. The summed E-state index contributed by atoms with van der Waals surface area (Å²) in [7, 11) is 0. The van der Waals surface area contributed by atoms with E-state index in [9.17, 15) is 4.79 Å². The van der Waals surface area contributed by atoms with Gasteiger partial charge in [0, 0.05) is 6.04 Å². The average Bonchev–Trinajstić information content (AvgIpc) is 2.36. The Morgan fingerprint density at radius 3 is 3.06 bits per heavy atom. The van der Waals surface area contributed by atoms with Gasteiger partial charge in [0.15, 0.2) is 0 Å². The lowest BCUT2D eigenvalue weighted by Crippen LogP contribution is -2.52. The van der Waals surface area contributed by atoms with Gasteiger partial charge in [0.25, 0.3) is 0 Å². The Morgan fingerprint density at radius 2 is 2.41 bits per heavy atom. The van der Waals surface area contributed by atoms with Crippen LogP contribution in [0.3, 0.4) is 0 Å². The van der Waals surface area contributed by atoms with Crippen molar-refractivity contribution in [1.82, 2.24) is 10.2 Å². The molecular formula is C13H23N3O. The van der Waals surface area contributed by atoms with Gasteiger partial charge in [0.2, 0.25) is 5.91 Å². The maximum Gasteiger partial charge on any atom is 0.237 e. The van der Waals surface area contributed by atoms with Crippen LogP contribution in [-0.2, 0) is 4.79 Å². The van der Waals surface area contributed by atoms with Crippen LogP contribution in [0.25, 0.3) is 0 Å². The summed E-state index contributed by atoms with van der Waals surface area (Å²) in [5.74, 6) is 2.44. The molecule has 0 aromatic rings. The SMILES string of the molecule is C#CCNC(=O)C(C)N1CCCCC1CCN. The fourth-order valence-corrected chi connectivity index (χ4v) is 2.47. The normalized spacial score (nSPS) is 22.8. The monoisotopic (exact) mass is 237 g/mol. The molecule has 2 unspecified atom stereocenters. The topological polar surface area (TPSA) is 58.4 Å². The first kappa shape index (κ1) is 14.0. The first-order chi connectivity index (χ1) is 8.20. The second-order valence-electron chi connectivity index (χ2n) is 4.56. The van der Waals surface area contributed by atoms with Crippen LogP contribution < -0.4 is 11.1 Å². The molecule has 17 heavy (non-hydrogen) atoms. The number of nitrogens with zero attached hydrogens (tertiary/aromatic N) is 1. The van der Waals surface area contributed by atoms with E-state index in [2.05, 4.69) is 16.1 Å². The van der Waals surface area contributed by atoms with Crippen molar-refractivity contribution in [2.75, 3.05) is 19.6 Å². The molecule has 1 rings (SSSR count). The predicted octanol–water partition coefficient (Wildman–Crippen LogP) is 0.328. The smallest absolute Gasteiger partial charge is 0.237 e. The highest BCUT2D eigenvalue weighted by molar-refractivity contribution is 5.81. The molecule has 0 radical (unpaired) electrons. The molecule has 1 saturated heterocycles. The van der Waals surface area contributed by atoms with E-state index in [0.717, 1.165) is 25.8 Å². The zero-order valence-corrected chi connectivity index (χ0v) is 10.6. The third-order valence-electron chi connectivity index (χ3n) is 3.41. The van der Waals surface area contributed by atoms with Crippen LogP contribution in [0.2, 0.25) is 0 Å². The summed E-state index contributed by atoms with van der Waals surface area (Å²) in [6, 6.07) is 0.334. The summed E-state index contributed by atoms with van der Waals surface area (Å²) in [6.45, 7) is 3.91. The van der Waals surface area contributed by atoms with Gasteiger partial charge >= 0.3 is 0 Å². The van der Waals surface area contributed by atoms with Crippen molar-refractivity contribution in [1.29, 1.82) is 0 Å². The quantitative estimate of drug-likeness (QED) is 0.677. The maximum absolute atomic E-state index is 11.9. The molecule has 1 amide bonds. The Morgan fingerprint density at radius 1 is 1.65 bits per heavy atom. The average molecular weight is 237 g/mol. The number of terminal acetylenes is 1. The number of hydrogen-bond donors (Lipinski definition) is 2. The van der Waals surface area contributed by atoms with Crippen molar-refractivity contribution < 1.29 is 4.79 Å². The van der Waals surface area contributed by atoms with Crippen LogP contribution in [0.15, 0.2) is 0 Å². The molecule has 0 aliphatic carbocycles. The molecule has 0 aromatic carbocycles. The Hall–Kier alpha value is -1.05. The van der Waals surface area contributed by atoms with Gasteiger partial charge in [-0.25, -0.2) is 0 Å². The molecule has 1 aliphatic heterocycles. The fraction of sp³-hybridized carbons (Fsp3) is 0.769. The van der Waals surface area contributed by atoms with Crippen molar-refractivity contribution in [2.24, 2.45) is 5.73 Å². The lowest BCUT2D eigenvalue weighted by Gasteiger charge is -2.39. The maximum atomic E-state index is 11.9. The zero-order chi connectivity index (χ0) is 12.7. The van der Waals surface area contributed by atoms with Gasteiger partial charge in [-0.1, -0.05) is 12.3 Å². The second-order valence-corrected chi connectivity index (χ2v) is 4.56. The van der Waals surface area contributed by atoms with Gasteiger partial charge in [-0.05, 0) is 39.3 Å². The Kier molecular flexibility index (Phi) is 6.03. The number of carbonyl (C=O) groups is 1. The van der Waals surface area contributed by atoms with Gasteiger partial charge in [-0.3, -0.25) is 9.69 Å². The summed E-state index contributed by atoms with van der Waals surface area (Å²) in [5, 5.41) is 2.74. The highest BCUT2D eigenvalue weighted by Crippen LogP contribution is 2.21. The molecule has 1 fully saturated rings. The minimum atomic E-state index is -0.111. The first-order valence-corrected chi connectivity index (χ1v) is 6.37. The molecule has 96 valence electrons. The molecule has 0 bridgehead atoms. The number of amides is 1. The van der Waals surface area contributed by atoms with Crippen molar-refractivity contribution in [3.63, 3.8) is 0 Å². The predicted molar refractivity (Wildman–Crippen MR) is 69.3 cm³/mol. The molecule has 3 N–H and O–H groups in total. The lowest BCUT2D eigenvalue weighted by molar-refractivity contribution is -0.127. The molecule has 0 spiro atoms. The van der Waals surface area contributed by atoms with E-state index >= 15 is 0 Å². The van der Waals surface area contributed by atoms with Crippen molar-refractivity contribution in [3.8, 4) is 12.3 Å². The van der Waals surface area contributed by atoms with Crippen molar-refractivity contribution in [3.05, 3.63) is 0 Å². The zero-order valence-electron chi connectivity index (χ0n) is 10.6. The third kappa shape index (κ3) is 4.03. The largest absolute Gasteiger partial charge is 0.344 e. The Balaban J connectivity index is 2.54. The van der Waals surface area contributed by atoms with Gasteiger partial charge in [-0.2, -0.15) is 0 Å². The van der Waals surface area contributed by atoms with Crippen LogP contribution in [0.1, 0.15) is 32.6 Å². The molecule has 4 heteroatoms. The highest BCUT2D eigenvalue weighted by atomic mass is 16.2. The van der Waals surface area contributed by atoms with Gasteiger partial charge in [0.05, 0.1) is 12.6 Å². The van der Waals surface area contributed by atoms with E-state index in [0.29, 0.717) is 19.1 Å². The number of rotatable bonds is 5. The van der Waals surface area contributed by atoms with E-state index in [-0.39, 0.29) is 11.9 Å². The summed E-state index contributed by atoms with van der Waals surface area (Å²) in [5.41, 5.74) is 5.62. The minimum Gasteiger partial charge on any atom is -0.344 e. The summed E-state index contributed by atoms with van der Waals surface area (Å²) in [6.07, 6.45) is 9.64. The van der Waals surface area contributed by atoms with Gasteiger partial charge < -0.3 is 11.1 Å². The Labute approximate surface area is 104 Å². The van der Waals surface area contributed by atoms with E-state index in [1.54, 1.807) is 0 Å². The highest BCUT2D eigenvalue weighted by Gasteiger charge is 2.29. The van der Waals surface area contributed by atoms with Crippen molar-refractivity contribution in [2.45, 2.75) is 44.7 Å². The van der Waals surface area contributed by atoms with Crippen LogP contribution in [-0.4, -0.2) is 42.5 Å². The summed E-state index contributed by atoms with van der Waals surface area (Å²) in [4.78, 5) is 14.1. The van der Waals surface area contributed by atoms with Gasteiger partial charge in [-0.15, -0.1) is 6.42 Å². The number of nitrogens with one attached hydrogen (secondary N) is 1. The number of likely N-dealkylation sites (tertiary alicyclic amines) is 1. The number of nitrogens with two attached hydrogens (primary N) is 1. The lowest BCUT2D eigenvalue weighted by atomic mass is 9.97. The van der Waals surface area contributed by atoms with E-state index in [1.165, 1.54) is 6.42 Å². The molecule has 0 aromatic heterocycles. The number of piperidine rings is 1. The van der Waals surface area contributed by atoms with Gasteiger partial charge in [0.1, 0.15) is 0 Å². The van der Waals surface area contributed by atoms with E-state index in [4.69, 9.17) is 12.2 Å². The number of hydrogen-bond acceptors (Lipinski definition) is 3. The Bertz CT molecular complexity index is 283. The molecule has 2 atom stereocenters. The number of carbonyl (C=O) groups excluding carboxylic acids is 1. The minimum absolute atomic E-state index is 0.0203. The van der Waals surface area contributed by atoms with Crippen molar-refractivity contribution >= 4 is 5.91 Å². The van der Waals surface area contributed by atoms with E-state index in [1.807, 2.05) is 6.92 Å². The van der Waals surface area contributed by atoms with Crippen LogP contribution in [0.4, 0.5) is 0 Å². The van der Waals surface area contributed by atoms with Crippen LogP contribution in [0.5, 0.6) is 0 Å². The molecule has 1 aliphatic rings. The molecule has 4 nitrogen and oxygen atoms in total. The van der Waals surface area contributed by atoms with E-state index < -0.39 is 0 Å². The second kappa shape index (κ2) is 7.31.